The van der Waals surface area contributed by atoms with Crippen LogP contribution in [0, 0.1) is 0 Å². The van der Waals surface area contributed by atoms with Gasteiger partial charge in [0.1, 0.15) is 5.82 Å². The molecule has 1 aliphatic carbocycles. The highest BCUT2D eigenvalue weighted by Crippen LogP contribution is 2.43. The SMILES string of the molecule is CCC(C)n1cnc2c(N3C(C(F)F)=CCCc4ccccc43)nc(C3CC3)nc21. The normalized spacial score (nSPS) is 17.8. The van der Waals surface area contributed by atoms with Gasteiger partial charge in [-0.05, 0) is 50.7 Å². The topological polar surface area (TPSA) is 46.8 Å². The van der Waals surface area contributed by atoms with Crippen LogP contribution in [0.4, 0.5) is 20.3 Å². The largest absolute Gasteiger partial charge is 0.312 e. The zero-order chi connectivity index (χ0) is 20.8. The Bertz CT molecular complexity index is 1120. The fourth-order valence-electron chi connectivity index (χ4n) is 4.09. The summed E-state index contributed by atoms with van der Waals surface area (Å²) in [5.74, 6) is 1.50. The van der Waals surface area contributed by atoms with Crippen LogP contribution in [-0.4, -0.2) is 25.9 Å². The number of aromatic nitrogens is 4. The van der Waals surface area contributed by atoms with Gasteiger partial charge in [0.05, 0.1) is 17.7 Å². The number of alkyl halides is 2. The van der Waals surface area contributed by atoms with Crippen LogP contribution in [-0.2, 0) is 6.42 Å². The maximum absolute atomic E-state index is 14.2. The van der Waals surface area contributed by atoms with Gasteiger partial charge in [0.15, 0.2) is 17.0 Å². The van der Waals surface area contributed by atoms with Crippen molar-refractivity contribution >= 4 is 22.7 Å². The molecule has 5 rings (SSSR count). The maximum atomic E-state index is 14.2. The third kappa shape index (κ3) is 3.16. The van der Waals surface area contributed by atoms with Crippen LogP contribution in [0.5, 0.6) is 0 Å². The second-order valence-electron chi connectivity index (χ2n) is 8.19. The molecular weight excluding hydrogens is 384 g/mol. The number of halogens is 2. The summed E-state index contributed by atoms with van der Waals surface area (Å²) >= 11 is 0. The summed E-state index contributed by atoms with van der Waals surface area (Å²) in [7, 11) is 0. The third-order valence-corrected chi connectivity index (χ3v) is 6.12. The first-order valence-corrected chi connectivity index (χ1v) is 10.7. The first-order chi connectivity index (χ1) is 14.6. The summed E-state index contributed by atoms with van der Waals surface area (Å²) in [5.41, 5.74) is 3.06. The summed E-state index contributed by atoms with van der Waals surface area (Å²) in [5, 5.41) is 0. The number of para-hydroxylation sites is 1. The quantitative estimate of drug-likeness (QED) is 0.526. The van der Waals surface area contributed by atoms with Crippen LogP contribution < -0.4 is 4.90 Å². The minimum Gasteiger partial charge on any atom is -0.312 e. The Morgan fingerprint density at radius 3 is 2.70 bits per heavy atom. The number of fused-ring (bicyclic) bond motifs is 2. The van der Waals surface area contributed by atoms with E-state index in [9.17, 15) is 8.78 Å². The van der Waals surface area contributed by atoms with Gasteiger partial charge in [-0.1, -0.05) is 31.2 Å². The Hall–Kier alpha value is -2.83. The predicted octanol–water partition coefficient (Wildman–Crippen LogP) is 5.91. The van der Waals surface area contributed by atoms with Gasteiger partial charge in [-0.3, -0.25) is 4.90 Å². The molecule has 0 saturated heterocycles. The summed E-state index contributed by atoms with van der Waals surface area (Å²) in [6.07, 6.45) is 5.09. The Morgan fingerprint density at radius 1 is 1.17 bits per heavy atom. The molecule has 0 N–H and O–H groups in total. The van der Waals surface area contributed by atoms with Gasteiger partial charge in [-0.2, -0.15) is 0 Å². The van der Waals surface area contributed by atoms with Crippen molar-refractivity contribution < 1.29 is 8.78 Å². The van der Waals surface area contributed by atoms with Crippen molar-refractivity contribution in [1.29, 1.82) is 0 Å². The lowest BCUT2D eigenvalue weighted by molar-refractivity contribution is 0.187. The number of allylic oxidation sites excluding steroid dienone is 2. The van der Waals surface area contributed by atoms with Crippen LogP contribution in [0.25, 0.3) is 11.2 Å². The lowest BCUT2D eigenvalue weighted by Crippen LogP contribution is -2.24. The lowest BCUT2D eigenvalue weighted by Gasteiger charge is -2.27. The van der Waals surface area contributed by atoms with E-state index in [4.69, 9.17) is 9.97 Å². The first kappa shape index (κ1) is 19.2. The van der Waals surface area contributed by atoms with Crippen LogP contribution in [0.3, 0.4) is 0 Å². The standard InChI is InChI=1S/C23H25F2N5/c1-3-14(2)29-13-26-19-22(29)27-21(16-11-12-16)28-23(19)30-17-9-5-4-7-15(17)8-6-10-18(30)20(24)25/h4-5,7,9-10,13-14,16,20H,3,6,8,11-12H2,1-2H3. The van der Waals surface area contributed by atoms with Gasteiger partial charge in [-0.25, -0.2) is 23.7 Å². The molecule has 2 aliphatic rings. The van der Waals surface area contributed by atoms with Crippen molar-refractivity contribution in [2.24, 2.45) is 0 Å². The molecule has 1 unspecified atom stereocenters. The molecule has 1 saturated carbocycles. The van der Waals surface area contributed by atoms with Crippen molar-refractivity contribution in [1.82, 2.24) is 19.5 Å². The van der Waals surface area contributed by atoms with Crippen LogP contribution in [0.15, 0.2) is 42.4 Å². The smallest absolute Gasteiger partial charge is 0.278 e. The molecule has 7 heteroatoms. The first-order valence-electron chi connectivity index (χ1n) is 10.7. The van der Waals surface area contributed by atoms with E-state index in [2.05, 4.69) is 18.8 Å². The average molecular weight is 409 g/mol. The number of rotatable bonds is 5. The highest BCUT2D eigenvalue weighted by Gasteiger charge is 2.33. The minimum absolute atomic E-state index is 0.0280. The molecule has 0 spiro atoms. The lowest BCUT2D eigenvalue weighted by atomic mass is 10.1. The van der Waals surface area contributed by atoms with E-state index in [1.165, 1.54) is 0 Å². The number of nitrogens with zero attached hydrogens (tertiary/aromatic N) is 5. The van der Waals surface area contributed by atoms with E-state index in [-0.39, 0.29) is 11.7 Å². The van der Waals surface area contributed by atoms with Crippen molar-refractivity contribution in [2.45, 2.75) is 64.3 Å². The average Bonchev–Trinajstić information content (AvgIpc) is 3.54. The molecule has 1 aromatic carbocycles. The van der Waals surface area contributed by atoms with Gasteiger partial charge >= 0.3 is 0 Å². The fraction of sp³-hybridized carbons (Fsp3) is 0.435. The van der Waals surface area contributed by atoms with Crippen molar-refractivity contribution in [3.05, 3.63) is 53.8 Å². The number of benzene rings is 1. The molecule has 0 amide bonds. The van der Waals surface area contributed by atoms with Gasteiger partial charge in [0, 0.05) is 12.0 Å². The van der Waals surface area contributed by atoms with Crippen molar-refractivity contribution in [3.63, 3.8) is 0 Å². The molecule has 3 heterocycles. The predicted molar refractivity (Wildman–Crippen MR) is 113 cm³/mol. The maximum Gasteiger partial charge on any atom is 0.278 e. The monoisotopic (exact) mass is 409 g/mol. The van der Waals surface area contributed by atoms with Crippen LogP contribution >= 0.6 is 0 Å². The number of aryl methyl sites for hydroxylation is 1. The molecule has 3 aromatic rings. The number of anilines is 2. The number of hydrogen-bond donors (Lipinski definition) is 0. The van der Waals surface area contributed by atoms with E-state index >= 15 is 0 Å². The van der Waals surface area contributed by atoms with Gasteiger partial charge in [0.25, 0.3) is 6.43 Å². The zero-order valence-electron chi connectivity index (χ0n) is 17.2. The van der Waals surface area contributed by atoms with Crippen molar-refractivity contribution in [2.75, 3.05) is 4.90 Å². The van der Waals surface area contributed by atoms with Crippen LogP contribution in [0.1, 0.15) is 62.9 Å². The Morgan fingerprint density at radius 2 is 1.97 bits per heavy atom. The number of imidazole rings is 1. The summed E-state index contributed by atoms with van der Waals surface area (Å²) < 4.78 is 30.5. The summed E-state index contributed by atoms with van der Waals surface area (Å²) in [6, 6.07) is 7.95. The zero-order valence-corrected chi connectivity index (χ0v) is 17.2. The van der Waals surface area contributed by atoms with E-state index in [1.807, 2.05) is 28.8 Å². The van der Waals surface area contributed by atoms with Gasteiger partial charge in [-0.15, -0.1) is 0 Å². The Labute approximate surface area is 174 Å². The van der Waals surface area contributed by atoms with Crippen LogP contribution in [0.2, 0.25) is 0 Å². The minimum atomic E-state index is -2.61. The second-order valence-corrected chi connectivity index (χ2v) is 8.19. The number of hydrogen-bond acceptors (Lipinski definition) is 4. The summed E-state index contributed by atoms with van der Waals surface area (Å²) in [6.45, 7) is 4.23. The highest BCUT2D eigenvalue weighted by molar-refractivity contribution is 5.89. The third-order valence-electron chi connectivity index (χ3n) is 6.12. The van der Waals surface area contributed by atoms with Gasteiger partial charge < -0.3 is 4.57 Å². The molecule has 1 atom stereocenters. The Balaban J connectivity index is 1.79. The molecule has 30 heavy (non-hydrogen) atoms. The Kier molecular flexibility index (Phi) is 4.76. The van der Waals surface area contributed by atoms with E-state index in [0.717, 1.165) is 42.0 Å². The molecule has 1 aliphatic heterocycles. The molecule has 2 aromatic heterocycles. The molecule has 0 bridgehead atoms. The molecule has 0 radical (unpaired) electrons. The highest BCUT2D eigenvalue weighted by atomic mass is 19.3. The molecule has 5 nitrogen and oxygen atoms in total. The van der Waals surface area contributed by atoms with E-state index < -0.39 is 6.43 Å². The fourth-order valence-corrected chi connectivity index (χ4v) is 4.09. The molecule has 156 valence electrons. The molecule has 1 fully saturated rings. The molecular formula is C23H25F2N5. The van der Waals surface area contributed by atoms with E-state index in [0.29, 0.717) is 30.1 Å². The summed E-state index contributed by atoms with van der Waals surface area (Å²) in [4.78, 5) is 15.9. The van der Waals surface area contributed by atoms with Gasteiger partial charge in [0.2, 0.25) is 0 Å². The second kappa shape index (κ2) is 7.45. The van der Waals surface area contributed by atoms with Crippen molar-refractivity contribution in [3.8, 4) is 0 Å². The van der Waals surface area contributed by atoms with E-state index in [1.54, 1.807) is 17.3 Å².